The zero-order chi connectivity index (χ0) is 17.6. The number of nitro benzene ring substituents is 1. The summed E-state index contributed by atoms with van der Waals surface area (Å²) in [5, 5.41) is 10.9. The lowest BCUT2D eigenvalue weighted by molar-refractivity contribution is -0.384. The van der Waals surface area contributed by atoms with E-state index in [0.717, 1.165) is 32.4 Å². The second-order valence-electron chi connectivity index (χ2n) is 3.95. The molecule has 0 saturated heterocycles. The molecule has 0 radical (unpaired) electrons. The van der Waals surface area contributed by atoms with Gasteiger partial charge in [-0.15, -0.1) is 0 Å². The van der Waals surface area contributed by atoms with Crippen LogP contribution in [0.25, 0.3) is 0 Å². The van der Waals surface area contributed by atoms with Crippen LogP contribution in [-0.2, 0) is 19.3 Å². The number of Topliss-reactive ketones (excluding diaryl/α,β-unsaturated/α-hetero) is 2. The van der Waals surface area contributed by atoms with Gasteiger partial charge in [0.15, 0.2) is 0 Å². The van der Waals surface area contributed by atoms with E-state index < -0.39 is 45.1 Å². The van der Waals surface area contributed by atoms with E-state index in [0.29, 0.717) is 0 Å². The fraction of sp³-hybridized carbons (Fsp3) is 0.167. The zero-order valence-electron chi connectivity index (χ0n) is 11.9. The summed E-state index contributed by atoms with van der Waals surface area (Å²) in [7, 11) is 2.17. The van der Waals surface area contributed by atoms with Crippen molar-refractivity contribution in [2.24, 2.45) is 0 Å². The molecule has 0 heterocycles. The van der Waals surface area contributed by atoms with Gasteiger partial charge in [0.2, 0.25) is 0 Å². The molecule has 0 unspecified atom stereocenters. The van der Waals surface area contributed by atoms with Crippen LogP contribution < -0.4 is 11.0 Å². The number of hydrogen-bond acceptors (Lipinski definition) is 8. The van der Waals surface area contributed by atoms with E-state index in [-0.39, 0.29) is 0 Å². The van der Waals surface area contributed by atoms with Gasteiger partial charge in [-0.1, -0.05) is 0 Å². The number of non-ortho nitro benzene ring substituents is 1. The predicted octanol–water partition coefficient (Wildman–Crippen LogP) is -0.685. The van der Waals surface area contributed by atoms with Crippen LogP contribution in [0.1, 0.15) is 20.7 Å². The maximum absolute atomic E-state index is 11.8. The lowest BCUT2D eigenvalue weighted by Gasteiger charge is -2.05. The molecule has 0 aromatic heterocycles. The number of nitro groups is 1. The molecule has 1 aromatic carbocycles. The molecule has 23 heavy (non-hydrogen) atoms. The molecular formula is C12H11N3O8. The van der Waals surface area contributed by atoms with E-state index in [4.69, 9.17) is 0 Å². The molecule has 0 spiro atoms. The summed E-state index contributed by atoms with van der Waals surface area (Å²) < 4.78 is 0. The van der Waals surface area contributed by atoms with Crippen molar-refractivity contribution < 1.29 is 33.8 Å². The van der Waals surface area contributed by atoms with Crippen molar-refractivity contribution >= 4 is 29.1 Å². The summed E-state index contributed by atoms with van der Waals surface area (Å²) in [6.45, 7) is 0. The Hall–Kier alpha value is -3.18. The Morgan fingerprint density at radius 2 is 1.30 bits per heavy atom. The Labute approximate surface area is 128 Å². The van der Waals surface area contributed by atoms with Gasteiger partial charge in [-0.25, -0.2) is 11.0 Å². The number of rotatable bonds is 7. The topological polar surface area (TPSA) is 154 Å². The predicted molar refractivity (Wildman–Crippen MR) is 72.1 cm³/mol. The number of amides is 2. The molecule has 11 nitrogen and oxygen atoms in total. The van der Waals surface area contributed by atoms with Crippen molar-refractivity contribution in [2.75, 3.05) is 14.2 Å². The van der Waals surface area contributed by atoms with Crippen LogP contribution in [0.2, 0.25) is 0 Å². The highest BCUT2D eigenvalue weighted by molar-refractivity contribution is 6.45. The lowest BCUT2D eigenvalue weighted by atomic mass is 10.0. The molecule has 0 bridgehead atoms. The third kappa shape index (κ3) is 4.39. The van der Waals surface area contributed by atoms with Crippen LogP contribution >= 0.6 is 0 Å². The van der Waals surface area contributed by atoms with Crippen LogP contribution in [0, 0.1) is 10.1 Å². The molecule has 1 aromatic rings. The number of carbonyl (C=O) groups excluding carboxylic acids is 4. The number of benzene rings is 1. The number of carbonyl (C=O) groups is 4. The number of hydrogen-bond donors (Lipinski definition) is 2. The molecule has 0 fully saturated rings. The van der Waals surface area contributed by atoms with Gasteiger partial charge in [-0.2, -0.15) is 0 Å². The average molecular weight is 325 g/mol. The van der Waals surface area contributed by atoms with Gasteiger partial charge in [0.05, 0.1) is 19.1 Å². The van der Waals surface area contributed by atoms with Crippen molar-refractivity contribution in [2.45, 2.75) is 0 Å². The van der Waals surface area contributed by atoms with Crippen LogP contribution in [0.3, 0.4) is 0 Å². The van der Waals surface area contributed by atoms with Gasteiger partial charge in [0.1, 0.15) is 0 Å². The van der Waals surface area contributed by atoms with Crippen LogP contribution in [0.4, 0.5) is 5.69 Å². The first-order valence-electron chi connectivity index (χ1n) is 5.86. The minimum absolute atomic E-state index is 0.456. The van der Waals surface area contributed by atoms with Crippen molar-refractivity contribution in [3.8, 4) is 0 Å². The summed E-state index contributed by atoms with van der Waals surface area (Å²) >= 11 is 0. The molecule has 0 atom stereocenters. The average Bonchev–Trinajstić information content (AvgIpc) is 2.53. The highest BCUT2D eigenvalue weighted by Crippen LogP contribution is 2.18. The van der Waals surface area contributed by atoms with E-state index in [1.54, 1.807) is 11.0 Å². The van der Waals surface area contributed by atoms with Gasteiger partial charge in [-0.05, 0) is 6.07 Å². The third-order valence-corrected chi connectivity index (χ3v) is 2.45. The SMILES string of the molecule is CONC(=O)C(=O)c1cc(C(=O)C(=O)NOC)cc([N+](=O)[O-])c1. The summed E-state index contributed by atoms with van der Waals surface area (Å²) in [6.07, 6.45) is 0. The number of nitrogens with one attached hydrogen (secondary N) is 2. The Morgan fingerprint density at radius 3 is 1.61 bits per heavy atom. The summed E-state index contributed by atoms with van der Waals surface area (Å²) in [5.74, 6) is -4.77. The monoisotopic (exact) mass is 325 g/mol. The van der Waals surface area contributed by atoms with Gasteiger partial charge < -0.3 is 0 Å². The third-order valence-electron chi connectivity index (χ3n) is 2.45. The number of nitrogens with zero attached hydrogens (tertiary/aromatic N) is 1. The molecule has 0 aliphatic heterocycles. The van der Waals surface area contributed by atoms with Crippen molar-refractivity contribution in [3.05, 3.63) is 39.4 Å². The molecule has 1 rings (SSSR count). The standard InChI is InChI=1S/C12H11N3O8/c1-22-13-11(18)9(16)6-3-7(5-8(4-6)15(20)21)10(17)12(19)14-23-2/h3-5H,1-2H3,(H,13,18)(H,14,19). The minimum Gasteiger partial charge on any atom is -0.283 e. The summed E-state index contributed by atoms with van der Waals surface area (Å²) in [5.41, 5.74) is 1.93. The molecule has 2 amide bonds. The lowest BCUT2D eigenvalue weighted by Crippen LogP contribution is -2.31. The second-order valence-corrected chi connectivity index (χ2v) is 3.95. The quantitative estimate of drug-likeness (QED) is 0.289. The fourth-order valence-corrected chi connectivity index (χ4v) is 1.52. The highest BCUT2D eigenvalue weighted by atomic mass is 16.6. The van der Waals surface area contributed by atoms with Crippen LogP contribution in [0.15, 0.2) is 18.2 Å². The Bertz CT molecular complexity index is 637. The van der Waals surface area contributed by atoms with E-state index in [1.165, 1.54) is 0 Å². The van der Waals surface area contributed by atoms with Crippen LogP contribution in [-0.4, -0.2) is 42.5 Å². The largest absolute Gasteiger partial charge is 0.315 e. The van der Waals surface area contributed by atoms with Gasteiger partial charge in [0, 0.05) is 23.3 Å². The molecule has 0 saturated carbocycles. The molecule has 122 valence electrons. The Balaban J connectivity index is 3.30. The number of ketones is 2. The second kappa shape index (κ2) is 7.72. The molecule has 0 aliphatic carbocycles. The van der Waals surface area contributed by atoms with Gasteiger partial charge in [-0.3, -0.25) is 39.0 Å². The highest BCUT2D eigenvalue weighted by Gasteiger charge is 2.24. The first-order chi connectivity index (χ1) is 10.8. The summed E-state index contributed by atoms with van der Waals surface area (Å²) in [4.78, 5) is 65.0. The van der Waals surface area contributed by atoms with Crippen LogP contribution in [0.5, 0.6) is 0 Å². The normalized spacial score (nSPS) is 9.83. The Morgan fingerprint density at radius 1 is 0.913 bits per heavy atom. The summed E-state index contributed by atoms with van der Waals surface area (Å²) in [6, 6.07) is 2.47. The van der Waals surface area contributed by atoms with Crippen molar-refractivity contribution in [1.82, 2.24) is 11.0 Å². The fourth-order valence-electron chi connectivity index (χ4n) is 1.52. The molecular weight excluding hydrogens is 314 g/mol. The molecule has 11 heteroatoms. The van der Waals surface area contributed by atoms with E-state index >= 15 is 0 Å². The first kappa shape index (κ1) is 17.9. The number of hydroxylamine groups is 2. The van der Waals surface area contributed by atoms with Crippen molar-refractivity contribution in [3.63, 3.8) is 0 Å². The zero-order valence-corrected chi connectivity index (χ0v) is 11.9. The van der Waals surface area contributed by atoms with E-state index in [2.05, 4.69) is 9.68 Å². The van der Waals surface area contributed by atoms with E-state index in [9.17, 15) is 29.3 Å². The van der Waals surface area contributed by atoms with Crippen molar-refractivity contribution in [1.29, 1.82) is 0 Å². The molecule has 2 N–H and O–H groups in total. The van der Waals surface area contributed by atoms with E-state index in [1.807, 2.05) is 0 Å². The maximum atomic E-state index is 11.8. The smallest absolute Gasteiger partial charge is 0.283 e. The van der Waals surface area contributed by atoms with Gasteiger partial charge in [0.25, 0.3) is 17.3 Å². The maximum Gasteiger partial charge on any atom is 0.315 e. The molecule has 0 aliphatic rings. The first-order valence-corrected chi connectivity index (χ1v) is 5.86. The minimum atomic E-state index is -1.20. The Kier molecular flexibility index (Phi) is 6.00. The van der Waals surface area contributed by atoms with Gasteiger partial charge >= 0.3 is 11.8 Å².